The number of anilines is 4. The van der Waals surface area contributed by atoms with Crippen molar-refractivity contribution in [1.82, 2.24) is 0 Å². The minimum absolute atomic E-state index is 0.155. The van der Waals surface area contributed by atoms with Gasteiger partial charge in [0.25, 0.3) is 0 Å². The average molecular weight is 899 g/mol. The summed E-state index contributed by atoms with van der Waals surface area (Å²) in [6.45, 7) is 8.46. The molecule has 338 valence electrons. The van der Waals surface area contributed by atoms with Crippen LogP contribution in [0.5, 0.6) is 0 Å². The highest BCUT2D eigenvalue weighted by molar-refractivity contribution is 6.37. The highest BCUT2D eigenvalue weighted by Gasteiger charge is 2.48. The van der Waals surface area contributed by atoms with Crippen molar-refractivity contribution >= 4 is 58.4 Å². The van der Waals surface area contributed by atoms with Gasteiger partial charge in [-0.1, -0.05) is 173 Å². The third-order valence-electron chi connectivity index (χ3n) is 13.5. The molecule has 2 aliphatic rings. The number of hydrogen-bond donors (Lipinski definition) is 0. The first-order valence-corrected chi connectivity index (χ1v) is 22.7. The molecule has 0 bridgehead atoms. The number of amides is 8. The van der Waals surface area contributed by atoms with Gasteiger partial charge in [0.05, 0.1) is 22.7 Å². The van der Waals surface area contributed by atoms with Crippen LogP contribution in [0.25, 0.3) is 0 Å². The first kappa shape index (κ1) is 44.9. The van der Waals surface area contributed by atoms with Crippen molar-refractivity contribution in [1.29, 1.82) is 0 Å². The maximum atomic E-state index is 14.1. The van der Waals surface area contributed by atoms with E-state index in [1.165, 1.54) is 0 Å². The summed E-state index contributed by atoms with van der Waals surface area (Å²) in [4.78, 5) is 88.6. The molecule has 2 aliphatic heterocycles. The first-order chi connectivity index (χ1) is 32.8. The number of imide groups is 4. The third kappa shape index (κ3) is 8.30. The van der Waals surface area contributed by atoms with E-state index in [0.29, 0.717) is 22.7 Å². The third-order valence-corrected chi connectivity index (χ3v) is 13.5. The molecule has 0 radical (unpaired) electrons. The lowest BCUT2D eigenvalue weighted by Crippen LogP contribution is -2.61. The molecule has 7 aromatic rings. The Morgan fingerprint density at radius 1 is 0.309 bits per heavy atom. The number of barbiturate groups is 2. The van der Waals surface area contributed by atoms with Crippen LogP contribution >= 0.6 is 0 Å². The topological polar surface area (TPSA) is 115 Å². The molecule has 0 saturated carbocycles. The van der Waals surface area contributed by atoms with E-state index in [0.717, 1.165) is 53.0 Å². The van der Waals surface area contributed by atoms with Crippen LogP contribution in [0, 0.1) is 11.8 Å². The Balaban J connectivity index is 0.942. The van der Waals surface area contributed by atoms with Gasteiger partial charge < -0.3 is 0 Å². The van der Waals surface area contributed by atoms with Crippen molar-refractivity contribution in [2.45, 2.75) is 51.4 Å². The van der Waals surface area contributed by atoms with E-state index in [1.807, 2.05) is 84.9 Å². The van der Waals surface area contributed by atoms with Gasteiger partial charge in [-0.15, -0.1) is 0 Å². The van der Waals surface area contributed by atoms with Crippen LogP contribution in [0.15, 0.2) is 194 Å². The molecule has 7 aromatic carbocycles. The van der Waals surface area contributed by atoms with Crippen LogP contribution in [-0.4, -0.2) is 35.7 Å². The van der Waals surface area contributed by atoms with Crippen LogP contribution in [0.1, 0.15) is 61.1 Å². The van der Waals surface area contributed by atoms with Gasteiger partial charge in [0.1, 0.15) is 11.8 Å². The summed E-state index contributed by atoms with van der Waals surface area (Å²) in [7, 11) is 0. The summed E-state index contributed by atoms with van der Waals surface area (Å²) in [6.07, 6.45) is 0.311. The minimum Gasteiger partial charge on any atom is -0.273 e. The van der Waals surface area contributed by atoms with Crippen molar-refractivity contribution in [2.75, 3.05) is 19.6 Å². The molecule has 2 heterocycles. The van der Waals surface area contributed by atoms with Crippen molar-refractivity contribution in [2.24, 2.45) is 11.8 Å². The molecule has 0 N–H and O–H groups in total. The Bertz CT molecular complexity index is 2800. The Hall–Kier alpha value is -8.24. The summed E-state index contributed by atoms with van der Waals surface area (Å²) >= 11 is 0. The normalized spacial score (nSPS) is 17.0. The zero-order valence-corrected chi connectivity index (χ0v) is 38.3. The van der Waals surface area contributed by atoms with Gasteiger partial charge in [-0.05, 0) is 94.8 Å². The largest absolute Gasteiger partial charge is 0.342 e. The molecule has 2 atom stereocenters. The maximum absolute atomic E-state index is 14.1. The highest BCUT2D eigenvalue weighted by Crippen LogP contribution is 2.39. The molecule has 2 unspecified atom stereocenters. The van der Waals surface area contributed by atoms with Crippen molar-refractivity contribution in [3.05, 3.63) is 228 Å². The molecule has 10 heteroatoms. The molecule has 10 nitrogen and oxygen atoms in total. The Kier molecular flexibility index (Phi) is 12.0. The average Bonchev–Trinajstić information content (AvgIpc) is 3.36. The number of carbonyl (C=O) groups is 6. The molecule has 2 saturated heterocycles. The first-order valence-electron chi connectivity index (χ1n) is 22.7. The summed E-state index contributed by atoms with van der Waals surface area (Å²) in [5, 5.41) is 0. The number of urea groups is 2. The van der Waals surface area contributed by atoms with Gasteiger partial charge in [-0.3, -0.25) is 19.2 Å². The molecule has 2 fully saturated rings. The van der Waals surface area contributed by atoms with E-state index in [1.54, 1.807) is 84.9 Å². The van der Waals surface area contributed by atoms with Gasteiger partial charge in [0, 0.05) is 10.8 Å². The standard InChI is InChI=1S/C58H50N4O6/c1-57(2,43-29-33-47(34-30-43)61-53(65)49(37-39-17-9-5-10-18-39)51(63)59(55(61)67)45-21-13-7-14-22-45)41-25-27-42(28-26-41)58(3,4)44-31-35-48(36-32-44)62-54(66)50(38-40-19-11-6-12-20-40)52(64)60(56(62)68)46-23-15-8-16-24-46/h5-36,49-50H,37-38H2,1-4H3. The SMILES string of the molecule is CC(C)(c1ccc(N2C(=O)C(Cc3ccccc3)C(=O)N(c3ccccc3)C2=O)cc1)c1ccc(C(C)(C)c2ccc(N3C(=O)C(Cc4ccccc4)C(=O)N(c4ccccc4)C3=O)cc2)cc1. The monoisotopic (exact) mass is 898 g/mol. The van der Waals surface area contributed by atoms with Gasteiger partial charge in [0.15, 0.2) is 0 Å². The lowest BCUT2D eigenvalue weighted by atomic mass is 9.74. The van der Waals surface area contributed by atoms with E-state index in [-0.39, 0.29) is 12.8 Å². The lowest BCUT2D eigenvalue weighted by molar-refractivity contribution is -0.134. The molecule has 68 heavy (non-hydrogen) atoms. The van der Waals surface area contributed by atoms with E-state index in [9.17, 15) is 28.8 Å². The van der Waals surface area contributed by atoms with E-state index < -0.39 is 58.4 Å². The Labute approximate surface area is 396 Å². The fraction of sp³-hybridized carbons (Fsp3) is 0.172. The fourth-order valence-corrected chi connectivity index (χ4v) is 9.26. The van der Waals surface area contributed by atoms with Gasteiger partial charge in [-0.25, -0.2) is 29.2 Å². The van der Waals surface area contributed by atoms with Gasteiger partial charge in [0.2, 0.25) is 23.6 Å². The fourth-order valence-electron chi connectivity index (χ4n) is 9.26. The molecule has 0 aromatic heterocycles. The number of carbonyl (C=O) groups excluding carboxylic acids is 6. The molecule has 9 rings (SSSR count). The van der Waals surface area contributed by atoms with Crippen LogP contribution in [0.4, 0.5) is 32.3 Å². The molecule has 0 spiro atoms. The van der Waals surface area contributed by atoms with Crippen LogP contribution in [0.2, 0.25) is 0 Å². The number of rotatable bonds is 12. The summed E-state index contributed by atoms with van der Waals surface area (Å²) in [5.41, 5.74) is 6.20. The van der Waals surface area contributed by atoms with Crippen LogP contribution in [-0.2, 0) is 42.8 Å². The van der Waals surface area contributed by atoms with Crippen molar-refractivity contribution < 1.29 is 28.8 Å². The van der Waals surface area contributed by atoms with Crippen LogP contribution < -0.4 is 19.6 Å². The predicted molar refractivity (Wildman–Crippen MR) is 264 cm³/mol. The second-order valence-electron chi connectivity index (χ2n) is 18.3. The summed E-state index contributed by atoms with van der Waals surface area (Å²) in [6, 6.07) is 57.7. The van der Waals surface area contributed by atoms with Crippen molar-refractivity contribution in [3.63, 3.8) is 0 Å². The molecule has 8 amide bonds. The maximum Gasteiger partial charge on any atom is 0.342 e. The van der Waals surface area contributed by atoms with Crippen molar-refractivity contribution in [3.8, 4) is 0 Å². The molecule has 0 aliphatic carbocycles. The minimum atomic E-state index is -1.09. The highest BCUT2D eigenvalue weighted by atomic mass is 16.2. The smallest absolute Gasteiger partial charge is 0.273 e. The summed E-state index contributed by atoms with van der Waals surface area (Å²) < 4.78 is 0. The van der Waals surface area contributed by atoms with E-state index >= 15 is 0 Å². The number of benzene rings is 7. The zero-order chi connectivity index (χ0) is 47.7. The van der Waals surface area contributed by atoms with Gasteiger partial charge >= 0.3 is 12.1 Å². The molecular formula is C58H50N4O6. The Morgan fingerprint density at radius 2 is 0.529 bits per heavy atom. The second kappa shape index (κ2) is 18.2. The van der Waals surface area contributed by atoms with Gasteiger partial charge in [-0.2, -0.15) is 0 Å². The zero-order valence-electron chi connectivity index (χ0n) is 38.3. The van der Waals surface area contributed by atoms with E-state index in [4.69, 9.17) is 0 Å². The number of nitrogens with zero attached hydrogens (tertiary/aromatic N) is 4. The van der Waals surface area contributed by atoms with Crippen LogP contribution in [0.3, 0.4) is 0 Å². The lowest BCUT2D eigenvalue weighted by Gasteiger charge is -2.37. The number of hydrogen-bond acceptors (Lipinski definition) is 6. The molecular weight excluding hydrogens is 849 g/mol. The Morgan fingerprint density at radius 3 is 0.794 bits per heavy atom. The van der Waals surface area contributed by atoms with E-state index in [2.05, 4.69) is 52.0 Å². The quantitative estimate of drug-likeness (QED) is 0.113. The number of para-hydroxylation sites is 2. The predicted octanol–water partition coefficient (Wildman–Crippen LogP) is 11.1. The summed E-state index contributed by atoms with van der Waals surface area (Å²) in [5.74, 6) is -4.43. The second-order valence-corrected chi connectivity index (χ2v) is 18.3.